The topological polar surface area (TPSA) is 82.9 Å². The molecule has 7 nitrogen and oxygen atoms in total. The second kappa shape index (κ2) is 9.09. The Kier molecular flexibility index (Phi) is 6.48. The lowest BCUT2D eigenvalue weighted by Crippen LogP contribution is -2.58. The lowest BCUT2D eigenvalue weighted by molar-refractivity contribution is 0.0478. The summed E-state index contributed by atoms with van der Waals surface area (Å²) in [6, 6.07) is 7.90. The normalized spacial score (nSPS) is 23.4. The second-order valence-electron chi connectivity index (χ2n) is 7.87. The van der Waals surface area contributed by atoms with E-state index in [0.29, 0.717) is 23.7 Å². The van der Waals surface area contributed by atoms with Gasteiger partial charge >= 0.3 is 0 Å². The molecule has 0 spiro atoms. The van der Waals surface area contributed by atoms with Crippen LogP contribution in [0.4, 0.5) is 0 Å². The van der Waals surface area contributed by atoms with E-state index < -0.39 is 10.0 Å². The molecule has 0 bridgehead atoms. The van der Waals surface area contributed by atoms with Crippen LogP contribution < -0.4 is 4.72 Å². The van der Waals surface area contributed by atoms with Crippen LogP contribution in [0.3, 0.4) is 0 Å². The van der Waals surface area contributed by atoms with Crippen molar-refractivity contribution in [3.8, 4) is 0 Å². The average Bonchev–Trinajstić information content (AvgIpc) is 3.29. The number of carbonyl (C=O) groups excluding carboxylic acids is 1. The van der Waals surface area contributed by atoms with Gasteiger partial charge in [-0.2, -0.15) is 0 Å². The SMILES string of the molecule is O=C(c1ccoc1)N1CCN([C@H]2CCCC[C@@H]2NS(=O)(=O)c2ccc(Cl)cc2)CC1. The molecule has 1 aromatic carbocycles. The highest BCUT2D eigenvalue weighted by molar-refractivity contribution is 7.89. The molecule has 1 aromatic heterocycles. The van der Waals surface area contributed by atoms with Gasteiger partial charge in [-0.3, -0.25) is 9.69 Å². The summed E-state index contributed by atoms with van der Waals surface area (Å²) in [6.45, 7) is 2.70. The van der Waals surface area contributed by atoms with E-state index >= 15 is 0 Å². The Bertz CT molecular complexity index is 955. The van der Waals surface area contributed by atoms with Crippen molar-refractivity contribution < 1.29 is 17.6 Å². The summed E-state index contributed by atoms with van der Waals surface area (Å²) >= 11 is 5.89. The third kappa shape index (κ3) is 4.72. The maximum Gasteiger partial charge on any atom is 0.257 e. The van der Waals surface area contributed by atoms with Crippen molar-refractivity contribution in [2.24, 2.45) is 0 Å². The van der Waals surface area contributed by atoms with Gasteiger partial charge in [0.25, 0.3) is 5.91 Å². The van der Waals surface area contributed by atoms with Crippen molar-refractivity contribution >= 4 is 27.5 Å². The highest BCUT2D eigenvalue weighted by Crippen LogP contribution is 2.26. The van der Waals surface area contributed by atoms with Crippen LogP contribution in [0, 0.1) is 0 Å². The lowest BCUT2D eigenvalue weighted by atomic mass is 9.89. The van der Waals surface area contributed by atoms with Crippen LogP contribution in [0.15, 0.2) is 52.2 Å². The van der Waals surface area contributed by atoms with Gasteiger partial charge in [0.05, 0.1) is 16.7 Å². The highest BCUT2D eigenvalue weighted by atomic mass is 35.5. The number of carbonyl (C=O) groups is 1. The Morgan fingerprint density at radius 2 is 1.73 bits per heavy atom. The molecule has 2 fully saturated rings. The zero-order chi connectivity index (χ0) is 21.1. The molecule has 30 heavy (non-hydrogen) atoms. The molecule has 1 saturated carbocycles. The standard InChI is InChI=1S/C21H26ClN3O4S/c22-17-5-7-18(8-6-17)30(27,28)23-19-3-1-2-4-20(19)24-10-12-25(13-11-24)21(26)16-9-14-29-15-16/h5-9,14-15,19-20,23H,1-4,10-13H2/t19-,20-/m0/s1. The summed E-state index contributed by atoms with van der Waals surface area (Å²) in [4.78, 5) is 16.9. The van der Waals surface area contributed by atoms with Crippen LogP contribution in [0.2, 0.25) is 5.02 Å². The molecule has 0 unspecified atom stereocenters. The van der Waals surface area contributed by atoms with Crippen molar-refractivity contribution in [2.45, 2.75) is 42.7 Å². The summed E-state index contributed by atoms with van der Waals surface area (Å²) in [5.74, 6) is -0.0213. The van der Waals surface area contributed by atoms with E-state index in [0.717, 1.165) is 38.8 Å². The smallest absolute Gasteiger partial charge is 0.257 e. The van der Waals surface area contributed by atoms with Crippen LogP contribution in [0.1, 0.15) is 36.0 Å². The van der Waals surface area contributed by atoms with E-state index in [1.807, 2.05) is 4.90 Å². The predicted octanol–water partition coefficient (Wildman–Crippen LogP) is 2.98. The molecule has 1 amide bonds. The number of halogens is 1. The van der Waals surface area contributed by atoms with Gasteiger partial charge in [0, 0.05) is 43.3 Å². The molecule has 162 valence electrons. The number of nitrogens with one attached hydrogen (secondary N) is 1. The maximum absolute atomic E-state index is 12.9. The fraction of sp³-hybridized carbons (Fsp3) is 0.476. The van der Waals surface area contributed by atoms with E-state index in [1.54, 1.807) is 18.2 Å². The molecule has 0 radical (unpaired) electrons. The number of benzene rings is 1. The molecule has 1 saturated heterocycles. The van der Waals surface area contributed by atoms with Crippen LogP contribution >= 0.6 is 11.6 Å². The molecule has 2 aromatic rings. The van der Waals surface area contributed by atoms with Gasteiger partial charge in [0.15, 0.2) is 0 Å². The fourth-order valence-corrected chi connectivity index (χ4v) is 5.82. The third-order valence-electron chi connectivity index (χ3n) is 6.00. The predicted molar refractivity (Wildman–Crippen MR) is 114 cm³/mol. The van der Waals surface area contributed by atoms with E-state index in [9.17, 15) is 13.2 Å². The molecular formula is C21H26ClN3O4S. The van der Waals surface area contributed by atoms with Gasteiger partial charge in [-0.25, -0.2) is 13.1 Å². The Labute approximate surface area is 182 Å². The van der Waals surface area contributed by atoms with Crippen molar-refractivity contribution in [1.82, 2.24) is 14.5 Å². The Morgan fingerprint density at radius 1 is 1.03 bits per heavy atom. The third-order valence-corrected chi connectivity index (χ3v) is 7.76. The highest BCUT2D eigenvalue weighted by Gasteiger charge is 2.35. The van der Waals surface area contributed by atoms with Crippen molar-refractivity contribution in [2.75, 3.05) is 26.2 Å². The minimum Gasteiger partial charge on any atom is -0.472 e. The van der Waals surface area contributed by atoms with Crippen molar-refractivity contribution in [3.63, 3.8) is 0 Å². The summed E-state index contributed by atoms with van der Waals surface area (Å²) in [5, 5.41) is 0.507. The minimum absolute atomic E-state index is 0.0213. The average molecular weight is 452 g/mol. The number of furan rings is 1. The number of hydrogen-bond donors (Lipinski definition) is 1. The molecule has 4 rings (SSSR count). The van der Waals surface area contributed by atoms with Crippen molar-refractivity contribution in [3.05, 3.63) is 53.4 Å². The van der Waals surface area contributed by atoms with Gasteiger partial charge in [-0.1, -0.05) is 24.4 Å². The Hall–Kier alpha value is -1.87. The largest absolute Gasteiger partial charge is 0.472 e. The zero-order valence-electron chi connectivity index (χ0n) is 16.7. The van der Waals surface area contributed by atoms with Gasteiger partial charge in [0.2, 0.25) is 10.0 Å². The Balaban J connectivity index is 1.40. The van der Waals surface area contributed by atoms with Gasteiger partial charge < -0.3 is 9.32 Å². The quantitative estimate of drug-likeness (QED) is 0.755. The van der Waals surface area contributed by atoms with Crippen LogP contribution in [0.25, 0.3) is 0 Å². The molecule has 2 aliphatic rings. The lowest BCUT2D eigenvalue weighted by Gasteiger charge is -2.44. The van der Waals surface area contributed by atoms with Crippen LogP contribution in [-0.2, 0) is 10.0 Å². The molecule has 1 N–H and O–H groups in total. The first-order chi connectivity index (χ1) is 14.4. The first-order valence-electron chi connectivity index (χ1n) is 10.3. The van der Waals surface area contributed by atoms with Gasteiger partial charge in [-0.05, 0) is 43.2 Å². The second-order valence-corrected chi connectivity index (χ2v) is 10.0. The molecular weight excluding hydrogens is 426 g/mol. The molecule has 2 heterocycles. The molecule has 1 aliphatic heterocycles. The summed E-state index contributed by atoms with van der Waals surface area (Å²) < 4.78 is 33.7. The Morgan fingerprint density at radius 3 is 2.40 bits per heavy atom. The molecule has 9 heteroatoms. The molecule has 1 aliphatic carbocycles. The number of amides is 1. The molecule has 2 atom stereocenters. The van der Waals surface area contributed by atoms with E-state index in [-0.39, 0.29) is 22.9 Å². The van der Waals surface area contributed by atoms with Gasteiger partial charge in [-0.15, -0.1) is 0 Å². The van der Waals surface area contributed by atoms with Crippen LogP contribution in [0.5, 0.6) is 0 Å². The minimum atomic E-state index is -3.61. The maximum atomic E-state index is 12.9. The van der Waals surface area contributed by atoms with E-state index in [1.165, 1.54) is 24.7 Å². The van der Waals surface area contributed by atoms with Crippen LogP contribution in [-0.4, -0.2) is 62.4 Å². The first kappa shape index (κ1) is 21.4. The number of piperazine rings is 1. The zero-order valence-corrected chi connectivity index (χ0v) is 18.2. The number of sulfonamides is 1. The number of rotatable bonds is 5. The summed E-state index contributed by atoms with van der Waals surface area (Å²) in [7, 11) is -3.61. The first-order valence-corrected chi connectivity index (χ1v) is 12.1. The summed E-state index contributed by atoms with van der Waals surface area (Å²) in [6.07, 6.45) is 6.82. The monoisotopic (exact) mass is 451 g/mol. The van der Waals surface area contributed by atoms with E-state index in [2.05, 4.69) is 9.62 Å². The van der Waals surface area contributed by atoms with E-state index in [4.69, 9.17) is 16.0 Å². The number of nitrogens with zero attached hydrogens (tertiary/aromatic N) is 2. The number of hydrogen-bond acceptors (Lipinski definition) is 5. The van der Waals surface area contributed by atoms with Gasteiger partial charge in [0.1, 0.15) is 6.26 Å². The fourth-order valence-electron chi connectivity index (χ4n) is 4.39. The van der Waals surface area contributed by atoms with Crippen molar-refractivity contribution in [1.29, 1.82) is 0 Å². The summed E-state index contributed by atoms with van der Waals surface area (Å²) in [5.41, 5.74) is 0.565.